The molecule has 3 aliphatic carbocycles. The Bertz CT molecular complexity index is 3060. The minimum atomic E-state index is 0.0582. The van der Waals surface area contributed by atoms with Gasteiger partial charge in [0.2, 0.25) is 0 Å². The Hall–Kier alpha value is -6.64. The predicted octanol–water partition coefficient (Wildman–Crippen LogP) is 16.4. The number of benzene rings is 8. The molecule has 0 N–H and O–H groups in total. The Morgan fingerprint density at radius 3 is 1.79 bits per heavy atom. The molecular weight excluding hydrogens is 739 g/mol. The number of hydrogen-bond acceptors (Lipinski definition) is 2. The van der Waals surface area contributed by atoms with Crippen molar-refractivity contribution < 1.29 is 4.42 Å². The van der Waals surface area contributed by atoms with Gasteiger partial charge in [0, 0.05) is 27.6 Å². The molecule has 0 aliphatic heterocycles. The van der Waals surface area contributed by atoms with Crippen molar-refractivity contribution >= 4 is 39.0 Å². The van der Waals surface area contributed by atoms with Crippen LogP contribution in [0.25, 0.3) is 66.4 Å². The van der Waals surface area contributed by atoms with Crippen LogP contribution in [0.2, 0.25) is 0 Å². The Morgan fingerprint density at radius 2 is 1.03 bits per heavy atom. The molecule has 8 aromatic carbocycles. The number of para-hydroxylation sites is 2. The Morgan fingerprint density at radius 1 is 0.459 bits per heavy atom. The van der Waals surface area contributed by atoms with E-state index < -0.39 is 0 Å². The quantitative estimate of drug-likeness (QED) is 0.167. The summed E-state index contributed by atoms with van der Waals surface area (Å²) in [5, 5.41) is 2.24. The van der Waals surface area contributed by atoms with Gasteiger partial charge >= 0.3 is 0 Å². The van der Waals surface area contributed by atoms with E-state index in [1.165, 1.54) is 70.2 Å². The summed E-state index contributed by atoms with van der Waals surface area (Å²) in [6.07, 6.45) is 5.39. The van der Waals surface area contributed by atoms with Crippen LogP contribution in [0.4, 0.5) is 17.1 Å². The smallest absolute Gasteiger partial charge is 0.159 e. The maximum absolute atomic E-state index is 6.61. The highest BCUT2D eigenvalue weighted by atomic mass is 16.3. The monoisotopic (exact) mass is 787 g/mol. The Balaban J connectivity index is 0.918. The van der Waals surface area contributed by atoms with Crippen molar-refractivity contribution in [1.82, 2.24) is 0 Å². The van der Waals surface area contributed by atoms with Crippen LogP contribution in [0.3, 0.4) is 0 Å². The topological polar surface area (TPSA) is 16.4 Å². The second-order valence-electron chi connectivity index (χ2n) is 18.3. The van der Waals surface area contributed by atoms with Gasteiger partial charge in [-0.1, -0.05) is 166 Å². The standard InChI is InChI=1S/C59H49NO/c1-38-34-40-36-39(2)59(46(35-38)37-40)54-19-8-6-14-50(54)52-17-10-16-49(57(52)59)45-24-22-42(23-25-45)44-28-32-48(33-29-44)60(47-30-26-43(27-31-47)41-12-4-3-5-13-41)55-20-11-18-53-51-15-7-9-21-56(51)61-58(53)55/h3-33,38-40,46H,34-37H2,1-2H3. The van der Waals surface area contributed by atoms with Gasteiger partial charge in [-0.05, 0) is 141 Å². The average molecular weight is 788 g/mol. The lowest BCUT2D eigenvalue weighted by atomic mass is 9.49. The number of furan rings is 1. The molecule has 9 aromatic rings. The molecule has 0 radical (unpaired) electrons. The lowest BCUT2D eigenvalue weighted by Crippen LogP contribution is -2.49. The Labute approximate surface area is 359 Å². The highest BCUT2D eigenvalue weighted by molar-refractivity contribution is 6.10. The third-order valence-electron chi connectivity index (χ3n) is 14.8. The van der Waals surface area contributed by atoms with E-state index in [0.29, 0.717) is 11.8 Å². The van der Waals surface area contributed by atoms with Gasteiger partial charge in [-0.3, -0.25) is 0 Å². The van der Waals surface area contributed by atoms with Crippen LogP contribution in [0, 0.1) is 23.7 Å². The first-order valence-electron chi connectivity index (χ1n) is 22.3. The van der Waals surface area contributed by atoms with E-state index in [2.05, 4.69) is 201 Å². The van der Waals surface area contributed by atoms with Gasteiger partial charge in [0.05, 0.1) is 5.69 Å². The van der Waals surface area contributed by atoms with E-state index in [1.54, 1.807) is 11.1 Å². The zero-order valence-electron chi connectivity index (χ0n) is 34.9. The molecule has 3 aliphatic rings. The van der Waals surface area contributed by atoms with E-state index >= 15 is 0 Å². The zero-order chi connectivity index (χ0) is 40.7. The van der Waals surface area contributed by atoms with Gasteiger partial charge in [0.1, 0.15) is 5.58 Å². The molecule has 2 fully saturated rings. The molecule has 5 unspecified atom stereocenters. The number of anilines is 3. The fourth-order valence-electron chi connectivity index (χ4n) is 12.4. The van der Waals surface area contributed by atoms with Gasteiger partial charge in [0.25, 0.3) is 0 Å². The van der Waals surface area contributed by atoms with E-state index in [0.717, 1.165) is 50.8 Å². The van der Waals surface area contributed by atoms with Crippen LogP contribution in [-0.2, 0) is 5.41 Å². The van der Waals surface area contributed by atoms with Crippen molar-refractivity contribution in [2.24, 2.45) is 23.7 Å². The van der Waals surface area contributed by atoms with Gasteiger partial charge in [-0.15, -0.1) is 0 Å². The third-order valence-corrected chi connectivity index (χ3v) is 14.8. The fraction of sp³-hybridized carbons (Fsp3) is 0.186. The molecule has 5 atom stereocenters. The first-order valence-corrected chi connectivity index (χ1v) is 22.3. The molecule has 2 bridgehead atoms. The molecule has 0 saturated heterocycles. The van der Waals surface area contributed by atoms with Gasteiger partial charge < -0.3 is 9.32 Å². The van der Waals surface area contributed by atoms with Crippen molar-refractivity contribution in [2.45, 2.75) is 44.9 Å². The van der Waals surface area contributed by atoms with Crippen LogP contribution >= 0.6 is 0 Å². The van der Waals surface area contributed by atoms with Crippen molar-refractivity contribution in [1.29, 1.82) is 0 Å². The third kappa shape index (κ3) is 5.68. The van der Waals surface area contributed by atoms with Gasteiger partial charge in [-0.25, -0.2) is 0 Å². The van der Waals surface area contributed by atoms with Crippen molar-refractivity contribution in [3.05, 3.63) is 199 Å². The molecule has 0 amide bonds. The van der Waals surface area contributed by atoms with Crippen LogP contribution in [0.1, 0.15) is 50.7 Å². The lowest BCUT2D eigenvalue weighted by molar-refractivity contribution is 0.0429. The van der Waals surface area contributed by atoms with Crippen LogP contribution in [0.15, 0.2) is 192 Å². The normalized spacial score (nSPS) is 21.4. The molecule has 1 aromatic heterocycles. The van der Waals surface area contributed by atoms with Crippen molar-refractivity contribution in [3.63, 3.8) is 0 Å². The Kier molecular flexibility index (Phi) is 8.46. The lowest BCUT2D eigenvalue weighted by Gasteiger charge is -2.54. The molecule has 1 spiro atoms. The van der Waals surface area contributed by atoms with Gasteiger partial charge in [-0.2, -0.15) is 0 Å². The first-order chi connectivity index (χ1) is 30.0. The molecular formula is C59H49NO. The summed E-state index contributed by atoms with van der Waals surface area (Å²) in [5.74, 6) is 2.92. The highest BCUT2D eigenvalue weighted by Gasteiger charge is 2.57. The summed E-state index contributed by atoms with van der Waals surface area (Å²) < 4.78 is 6.61. The molecule has 61 heavy (non-hydrogen) atoms. The molecule has 2 nitrogen and oxygen atoms in total. The molecule has 2 heteroatoms. The maximum Gasteiger partial charge on any atom is 0.159 e. The second-order valence-corrected chi connectivity index (χ2v) is 18.3. The summed E-state index contributed by atoms with van der Waals surface area (Å²) in [6.45, 7) is 5.08. The molecule has 12 rings (SSSR count). The zero-order valence-corrected chi connectivity index (χ0v) is 34.9. The average Bonchev–Trinajstić information content (AvgIpc) is 3.84. The fourth-order valence-corrected chi connectivity index (χ4v) is 12.4. The number of nitrogens with zero attached hydrogens (tertiary/aromatic N) is 1. The number of hydrogen-bond donors (Lipinski definition) is 0. The van der Waals surface area contributed by atoms with Gasteiger partial charge in [0.15, 0.2) is 5.58 Å². The summed E-state index contributed by atoms with van der Waals surface area (Å²) in [5.41, 5.74) is 18.6. The minimum absolute atomic E-state index is 0.0582. The largest absolute Gasteiger partial charge is 0.454 e. The molecule has 1 heterocycles. The van der Waals surface area contributed by atoms with Crippen molar-refractivity contribution in [2.75, 3.05) is 4.90 Å². The van der Waals surface area contributed by atoms with Crippen LogP contribution in [-0.4, -0.2) is 0 Å². The summed E-state index contributed by atoms with van der Waals surface area (Å²) in [7, 11) is 0. The second kappa shape index (κ2) is 14.2. The highest BCUT2D eigenvalue weighted by Crippen LogP contribution is 2.66. The van der Waals surface area contributed by atoms with Crippen LogP contribution < -0.4 is 4.90 Å². The molecule has 296 valence electrons. The summed E-state index contributed by atoms with van der Waals surface area (Å²) >= 11 is 0. The number of rotatable bonds is 6. The van der Waals surface area contributed by atoms with Crippen molar-refractivity contribution in [3.8, 4) is 44.5 Å². The van der Waals surface area contributed by atoms with Crippen LogP contribution in [0.5, 0.6) is 0 Å². The van der Waals surface area contributed by atoms with E-state index in [4.69, 9.17) is 4.42 Å². The summed E-state index contributed by atoms with van der Waals surface area (Å²) in [6, 6.07) is 69.2. The predicted molar refractivity (Wildman–Crippen MR) is 255 cm³/mol. The number of fused-ring (bicyclic) bond motifs is 11. The first kappa shape index (κ1) is 36.2. The van der Waals surface area contributed by atoms with E-state index in [9.17, 15) is 0 Å². The van der Waals surface area contributed by atoms with E-state index in [-0.39, 0.29) is 5.41 Å². The minimum Gasteiger partial charge on any atom is -0.454 e. The summed E-state index contributed by atoms with van der Waals surface area (Å²) in [4.78, 5) is 2.33. The molecule has 2 saturated carbocycles. The van der Waals surface area contributed by atoms with E-state index in [1.807, 2.05) is 6.07 Å². The maximum atomic E-state index is 6.61. The SMILES string of the molecule is CC1CC2CC(C)C3(c4ccccc4-c4cccc(-c5ccc(-c6ccc(N(c7ccc(-c8ccccc8)cc7)c7cccc8c7oc7ccccc78)cc6)cc5)c43)C(C1)C2.